The van der Waals surface area contributed by atoms with Crippen LogP contribution in [0, 0.1) is 0 Å². The summed E-state index contributed by atoms with van der Waals surface area (Å²) in [5.41, 5.74) is 0. The van der Waals surface area contributed by atoms with Crippen LogP contribution in [0.15, 0.2) is 37.7 Å². The van der Waals surface area contributed by atoms with Crippen molar-refractivity contribution < 1.29 is 28.6 Å². The summed E-state index contributed by atoms with van der Waals surface area (Å²) in [7, 11) is 1.17. The van der Waals surface area contributed by atoms with Crippen LogP contribution < -0.4 is 4.74 Å². The van der Waals surface area contributed by atoms with Crippen LogP contribution in [0.25, 0.3) is 0 Å². The number of ether oxygens (including phenoxy) is 3. The van der Waals surface area contributed by atoms with E-state index in [-0.39, 0.29) is 5.75 Å². The first kappa shape index (κ1) is 18.9. The number of carbonyl (C=O) groups excluding carboxylic acids is 3. The Labute approximate surface area is 151 Å². The van der Waals surface area contributed by atoms with Gasteiger partial charge in [-0.1, -0.05) is 15.9 Å². The normalized spacial score (nSPS) is 10.4. The van der Waals surface area contributed by atoms with Crippen molar-refractivity contribution in [2.75, 3.05) is 13.7 Å². The van der Waals surface area contributed by atoms with Gasteiger partial charge in [-0.3, -0.25) is 0 Å². The number of rotatable bonds is 5. The molecular weight excluding hydrogens is 492 g/mol. The zero-order valence-electron chi connectivity index (χ0n) is 11.1. The standard InChI is InChI=1S/C13H9Br3O6/c1-20-10(17)2-3-11(18)21-6-12(19)22-13-8(15)4-7(14)5-9(13)16/h2-5H,6H2,1H3. The molecule has 22 heavy (non-hydrogen) atoms. The fourth-order valence-electron chi connectivity index (χ4n) is 1.15. The Balaban J connectivity index is 2.56. The fraction of sp³-hybridized carbons (Fsp3) is 0.154. The minimum Gasteiger partial charge on any atom is -0.466 e. The van der Waals surface area contributed by atoms with E-state index in [0.29, 0.717) is 8.95 Å². The monoisotopic (exact) mass is 498 g/mol. The molecule has 0 heterocycles. The van der Waals surface area contributed by atoms with E-state index in [1.165, 1.54) is 7.11 Å². The first-order valence-corrected chi connectivity index (χ1v) is 7.99. The van der Waals surface area contributed by atoms with E-state index in [1.54, 1.807) is 12.1 Å². The van der Waals surface area contributed by atoms with Gasteiger partial charge >= 0.3 is 17.9 Å². The summed E-state index contributed by atoms with van der Waals surface area (Å²) in [6, 6.07) is 3.39. The van der Waals surface area contributed by atoms with Gasteiger partial charge in [0.1, 0.15) is 0 Å². The Hall–Kier alpha value is -1.19. The maximum Gasteiger partial charge on any atom is 0.349 e. The molecule has 0 aliphatic carbocycles. The molecule has 0 radical (unpaired) electrons. The lowest BCUT2D eigenvalue weighted by Gasteiger charge is -2.09. The lowest BCUT2D eigenvalue weighted by Crippen LogP contribution is -2.18. The molecule has 0 spiro atoms. The summed E-state index contributed by atoms with van der Waals surface area (Å²) in [6.07, 6.45) is 1.74. The lowest BCUT2D eigenvalue weighted by molar-refractivity contribution is -0.150. The smallest absolute Gasteiger partial charge is 0.349 e. The molecule has 0 aliphatic rings. The molecule has 0 saturated carbocycles. The minimum atomic E-state index is -0.865. The highest BCUT2D eigenvalue weighted by atomic mass is 79.9. The van der Waals surface area contributed by atoms with Gasteiger partial charge in [0, 0.05) is 16.6 Å². The van der Waals surface area contributed by atoms with E-state index in [1.807, 2.05) is 0 Å². The van der Waals surface area contributed by atoms with Crippen LogP contribution in [-0.2, 0) is 23.9 Å². The Morgan fingerprint density at radius 3 is 2.14 bits per heavy atom. The Morgan fingerprint density at radius 1 is 1.05 bits per heavy atom. The molecule has 1 aromatic carbocycles. The van der Waals surface area contributed by atoms with Crippen molar-refractivity contribution in [3.63, 3.8) is 0 Å². The van der Waals surface area contributed by atoms with Crippen molar-refractivity contribution in [1.29, 1.82) is 0 Å². The van der Waals surface area contributed by atoms with Crippen LogP contribution in [0.4, 0.5) is 0 Å². The number of halogens is 3. The first-order valence-electron chi connectivity index (χ1n) is 5.61. The molecule has 1 rings (SSSR count). The average molecular weight is 501 g/mol. The second-order valence-electron chi connectivity index (χ2n) is 3.64. The molecule has 0 aliphatic heterocycles. The molecule has 0 aromatic heterocycles. The predicted octanol–water partition coefficient (Wildman–Crippen LogP) is 3.15. The molecule has 0 amide bonds. The zero-order valence-corrected chi connectivity index (χ0v) is 15.9. The van der Waals surface area contributed by atoms with E-state index in [9.17, 15) is 14.4 Å². The Morgan fingerprint density at radius 2 is 1.59 bits per heavy atom. The SMILES string of the molecule is COC(=O)C=CC(=O)OCC(=O)Oc1c(Br)cc(Br)cc1Br. The van der Waals surface area contributed by atoms with Gasteiger partial charge in [0.15, 0.2) is 12.4 Å². The van der Waals surface area contributed by atoms with E-state index in [0.717, 1.165) is 16.6 Å². The molecule has 0 saturated heterocycles. The summed E-state index contributed by atoms with van der Waals surface area (Å²) < 4.78 is 15.9. The highest BCUT2D eigenvalue weighted by molar-refractivity contribution is 9.11. The number of methoxy groups -OCH3 is 1. The summed E-state index contributed by atoms with van der Waals surface area (Å²) in [4.78, 5) is 33.7. The van der Waals surface area contributed by atoms with E-state index in [4.69, 9.17) is 4.74 Å². The van der Waals surface area contributed by atoms with E-state index >= 15 is 0 Å². The van der Waals surface area contributed by atoms with Crippen molar-refractivity contribution >= 4 is 65.7 Å². The van der Waals surface area contributed by atoms with Gasteiger partial charge in [0.05, 0.1) is 16.1 Å². The molecular formula is C13H9Br3O6. The van der Waals surface area contributed by atoms with Crippen molar-refractivity contribution in [2.24, 2.45) is 0 Å². The molecule has 6 nitrogen and oxygen atoms in total. The second kappa shape index (κ2) is 9.06. The molecule has 9 heteroatoms. The van der Waals surface area contributed by atoms with Crippen molar-refractivity contribution in [1.82, 2.24) is 0 Å². The number of carbonyl (C=O) groups is 3. The van der Waals surface area contributed by atoms with Gasteiger partial charge in [-0.05, 0) is 44.0 Å². The van der Waals surface area contributed by atoms with Crippen LogP contribution in [0.5, 0.6) is 5.75 Å². The third-order valence-electron chi connectivity index (χ3n) is 2.07. The predicted molar refractivity (Wildman–Crippen MR) is 87.3 cm³/mol. The van der Waals surface area contributed by atoms with Crippen molar-refractivity contribution in [2.45, 2.75) is 0 Å². The Bertz CT molecular complexity index is 603. The fourth-order valence-corrected chi connectivity index (χ4v) is 3.57. The van der Waals surface area contributed by atoms with Crippen LogP contribution in [0.2, 0.25) is 0 Å². The third kappa shape index (κ3) is 6.29. The topological polar surface area (TPSA) is 78.9 Å². The van der Waals surface area contributed by atoms with Gasteiger partial charge in [-0.25, -0.2) is 14.4 Å². The molecule has 0 N–H and O–H groups in total. The highest BCUT2D eigenvalue weighted by Crippen LogP contribution is 2.36. The minimum absolute atomic E-state index is 0.259. The summed E-state index contributed by atoms with van der Waals surface area (Å²) >= 11 is 9.78. The highest BCUT2D eigenvalue weighted by Gasteiger charge is 2.14. The maximum absolute atomic E-state index is 11.6. The molecule has 0 bridgehead atoms. The number of esters is 3. The zero-order chi connectivity index (χ0) is 16.7. The lowest BCUT2D eigenvalue weighted by atomic mass is 10.3. The van der Waals surface area contributed by atoms with Crippen molar-refractivity contribution in [3.05, 3.63) is 37.7 Å². The largest absolute Gasteiger partial charge is 0.466 e. The van der Waals surface area contributed by atoms with Gasteiger partial charge in [0.25, 0.3) is 0 Å². The van der Waals surface area contributed by atoms with Crippen molar-refractivity contribution in [3.8, 4) is 5.75 Å². The van der Waals surface area contributed by atoms with Gasteiger partial charge in [0.2, 0.25) is 0 Å². The maximum atomic E-state index is 11.6. The van der Waals surface area contributed by atoms with E-state index < -0.39 is 24.5 Å². The summed E-state index contributed by atoms with van der Waals surface area (Å²) in [5.74, 6) is -2.09. The van der Waals surface area contributed by atoms with Crippen LogP contribution in [0.1, 0.15) is 0 Å². The first-order chi connectivity index (χ1) is 10.3. The summed E-state index contributed by atoms with van der Waals surface area (Å²) in [6.45, 7) is -0.598. The van der Waals surface area contributed by atoms with Crippen LogP contribution >= 0.6 is 47.8 Å². The molecule has 0 fully saturated rings. The van der Waals surface area contributed by atoms with Crippen LogP contribution in [-0.4, -0.2) is 31.6 Å². The average Bonchev–Trinajstić information content (AvgIpc) is 2.46. The number of hydrogen-bond donors (Lipinski definition) is 0. The summed E-state index contributed by atoms with van der Waals surface area (Å²) in [5, 5.41) is 0. The number of benzene rings is 1. The number of hydrogen-bond acceptors (Lipinski definition) is 6. The van der Waals surface area contributed by atoms with E-state index in [2.05, 4.69) is 57.3 Å². The quantitative estimate of drug-likeness (QED) is 0.351. The van der Waals surface area contributed by atoms with Crippen LogP contribution in [0.3, 0.4) is 0 Å². The van der Waals surface area contributed by atoms with Gasteiger partial charge in [-0.15, -0.1) is 0 Å². The van der Waals surface area contributed by atoms with Gasteiger partial charge in [-0.2, -0.15) is 0 Å². The molecule has 118 valence electrons. The third-order valence-corrected chi connectivity index (χ3v) is 3.70. The molecule has 1 aromatic rings. The molecule has 0 unspecified atom stereocenters. The molecule has 0 atom stereocenters. The Kier molecular flexibility index (Phi) is 7.77. The van der Waals surface area contributed by atoms with Gasteiger partial charge < -0.3 is 14.2 Å². The second-order valence-corrected chi connectivity index (χ2v) is 6.26.